The summed E-state index contributed by atoms with van der Waals surface area (Å²) in [5, 5.41) is 18.8. The number of aromatic nitrogens is 2. The van der Waals surface area contributed by atoms with E-state index in [1.54, 1.807) is 20.3 Å². The van der Waals surface area contributed by atoms with Crippen LogP contribution in [0.1, 0.15) is 19.3 Å². The molecule has 3 rings (SSSR count). The normalized spacial score (nSPS) is 14.9. The van der Waals surface area contributed by atoms with Gasteiger partial charge in [-0.3, -0.25) is 0 Å². The summed E-state index contributed by atoms with van der Waals surface area (Å²) in [6, 6.07) is 3.56. The molecule has 1 fully saturated rings. The van der Waals surface area contributed by atoms with E-state index in [2.05, 4.69) is 14.9 Å². The van der Waals surface area contributed by atoms with Crippen LogP contribution in [0.4, 0.5) is 5.82 Å². The Kier molecular flexibility index (Phi) is 6.35. The molecule has 152 valence electrons. The first-order chi connectivity index (χ1) is 13.5. The van der Waals surface area contributed by atoms with Gasteiger partial charge in [0.05, 0.1) is 19.7 Å². The van der Waals surface area contributed by atoms with Crippen molar-refractivity contribution in [3.8, 4) is 17.5 Å². The smallest absolute Gasteiger partial charge is 0.341 e. The van der Waals surface area contributed by atoms with E-state index in [1.165, 1.54) is 0 Å². The van der Waals surface area contributed by atoms with E-state index in [9.17, 15) is 4.79 Å². The molecule has 9 nitrogen and oxygen atoms in total. The number of carboxylic acid groups (broad SMARTS) is 1. The number of hydrogen-bond acceptors (Lipinski definition) is 8. The Morgan fingerprint density at radius 3 is 2.46 bits per heavy atom. The highest BCUT2D eigenvalue weighted by molar-refractivity contribution is 5.92. The molecule has 1 saturated heterocycles. The standard InChI is InChI=1S/C19H25N3O6/c1-26-15-9-13-14(10-16(15)27-2)20-19(28-11-17(24)25)21-18(13)22-6-3-12(4-7-22)5-8-23/h9-10,12,23H,3-8,11H2,1-2H3,(H,24,25). The van der Waals surface area contributed by atoms with Gasteiger partial charge in [-0.15, -0.1) is 0 Å². The third-order valence-electron chi connectivity index (χ3n) is 4.94. The summed E-state index contributed by atoms with van der Waals surface area (Å²) in [7, 11) is 3.11. The van der Waals surface area contributed by atoms with Gasteiger partial charge in [-0.2, -0.15) is 9.97 Å². The zero-order valence-corrected chi connectivity index (χ0v) is 16.1. The fourth-order valence-corrected chi connectivity index (χ4v) is 3.47. The van der Waals surface area contributed by atoms with Gasteiger partial charge in [-0.25, -0.2) is 4.79 Å². The lowest BCUT2D eigenvalue weighted by molar-refractivity contribution is -0.139. The molecule has 1 aromatic heterocycles. The van der Waals surface area contributed by atoms with E-state index in [1.807, 2.05) is 6.07 Å². The second-order valence-electron chi connectivity index (χ2n) is 6.68. The van der Waals surface area contributed by atoms with Crippen LogP contribution in [0.5, 0.6) is 17.5 Å². The number of rotatable bonds is 8. The molecule has 1 aliphatic heterocycles. The van der Waals surface area contributed by atoms with Crippen LogP contribution in [-0.4, -0.2) is 66.7 Å². The summed E-state index contributed by atoms with van der Waals surface area (Å²) in [6.07, 6.45) is 2.70. The molecular formula is C19H25N3O6. The van der Waals surface area contributed by atoms with Gasteiger partial charge >= 0.3 is 12.0 Å². The molecular weight excluding hydrogens is 366 g/mol. The highest BCUT2D eigenvalue weighted by Gasteiger charge is 2.23. The maximum Gasteiger partial charge on any atom is 0.341 e. The molecule has 1 aliphatic rings. The van der Waals surface area contributed by atoms with Gasteiger partial charge in [0.15, 0.2) is 18.1 Å². The second-order valence-corrected chi connectivity index (χ2v) is 6.68. The minimum atomic E-state index is -1.10. The number of carboxylic acids is 1. The first-order valence-electron chi connectivity index (χ1n) is 9.19. The number of ether oxygens (including phenoxy) is 3. The Bertz CT molecular complexity index is 836. The molecule has 0 saturated carbocycles. The second kappa shape index (κ2) is 8.92. The number of fused-ring (bicyclic) bond motifs is 1. The molecule has 9 heteroatoms. The number of hydrogen-bond donors (Lipinski definition) is 2. The minimum Gasteiger partial charge on any atom is -0.493 e. The van der Waals surface area contributed by atoms with Crippen LogP contribution < -0.4 is 19.1 Å². The number of benzene rings is 1. The molecule has 1 aromatic carbocycles. The predicted molar refractivity (Wildman–Crippen MR) is 102 cm³/mol. The van der Waals surface area contributed by atoms with Crippen LogP contribution in [0, 0.1) is 5.92 Å². The molecule has 2 N–H and O–H groups in total. The lowest BCUT2D eigenvalue weighted by atomic mass is 9.94. The number of piperidine rings is 1. The quantitative estimate of drug-likeness (QED) is 0.694. The van der Waals surface area contributed by atoms with Crippen molar-refractivity contribution in [1.82, 2.24) is 9.97 Å². The molecule has 28 heavy (non-hydrogen) atoms. The van der Waals surface area contributed by atoms with E-state index in [4.69, 9.17) is 24.4 Å². The molecule has 0 unspecified atom stereocenters. The summed E-state index contributed by atoms with van der Waals surface area (Å²) < 4.78 is 16.0. The fourth-order valence-electron chi connectivity index (χ4n) is 3.47. The number of aliphatic hydroxyl groups is 1. The Balaban J connectivity index is 2.00. The van der Waals surface area contributed by atoms with Crippen LogP contribution in [-0.2, 0) is 4.79 Å². The maximum atomic E-state index is 10.9. The van der Waals surface area contributed by atoms with Gasteiger partial charge in [0.25, 0.3) is 0 Å². The van der Waals surface area contributed by atoms with E-state index in [0.717, 1.165) is 37.7 Å². The van der Waals surface area contributed by atoms with E-state index in [-0.39, 0.29) is 12.6 Å². The Morgan fingerprint density at radius 1 is 1.18 bits per heavy atom. The zero-order valence-electron chi connectivity index (χ0n) is 16.1. The summed E-state index contributed by atoms with van der Waals surface area (Å²) in [6.45, 7) is 1.25. The van der Waals surface area contributed by atoms with Crippen LogP contribution >= 0.6 is 0 Å². The monoisotopic (exact) mass is 391 g/mol. The third-order valence-corrected chi connectivity index (χ3v) is 4.94. The van der Waals surface area contributed by atoms with Gasteiger partial charge in [-0.1, -0.05) is 0 Å². The zero-order chi connectivity index (χ0) is 20.1. The molecule has 0 aliphatic carbocycles. The largest absolute Gasteiger partial charge is 0.493 e. The number of carbonyl (C=O) groups is 1. The highest BCUT2D eigenvalue weighted by atomic mass is 16.5. The average Bonchev–Trinajstić information content (AvgIpc) is 2.71. The van der Waals surface area contributed by atoms with Crippen molar-refractivity contribution in [2.45, 2.75) is 19.3 Å². The van der Waals surface area contributed by atoms with Crippen molar-refractivity contribution in [2.24, 2.45) is 5.92 Å². The molecule has 2 aromatic rings. The number of methoxy groups -OCH3 is 2. The third kappa shape index (κ3) is 4.36. The maximum absolute atomic E-state index is 10.9. The van der Waals surface area contributed by atoms with Crippen LogP contribution in [0.15, 0.2) is 12.1 Å². The van der Waals surface area contributed by atoms with Crippen molar-refractivity contribution in [1.29, 1.82) is 0 Å². The van der Waals surface area contributed by atoms with Crippen molar-refractivity contribution < 1.29 is 29.2 Å². The fraction of sp³-hybridized carbons (Fsp3) is 0.526. The van der Waals surface area contributed by atoms with Gasteiger partial charge in [0, 0.05) is 31.1 Å². The highest BCUT2D eigenvalue weighted by Crippen LogP contribution is 2.37. The Hall–Kier alpha value is -2.81. The Labute approximate surface area is 162 Å². The number of anilines is 1. The molecule has 0 spiro atoms. The molecule has 2 heterocycles. The van der Waals surface area contributed by atoms with Crippen molar-refractivity contribution in [3.63, 3.8) is 0 Å². The summed E-state index contributed by atoms with van der Waals surface area (Å²) >= 11 is 0. The van der Waals surface area contributed by atoms with Crippen molar-refractivity contribution in [2.75, 3.05) is 45.4 Å². The van der Waals surface area contributed by atoms with Gasteiger partial charge < -0.3 is 29.3 Å². The molecule has 0 radical (unpaired) electrons. The molecule has 0 atom stereocenters. The summed E-state index contributed by atoms with van der Waals surface area (Å²) in [5.41, 5.74) is 0.584. The van der Waals surface area contributed by atoms with Gasteiger partial charge in [0.1, 0.15) is 5.82 Å². The molecule has 0 amide bonds. The number of nitrogens with zero attached hydrogens (tertiary/aromatic N) is 3. The average molecular weight is 391 g/mol. The van der Waals surface area contributed by atoms with E-state index < -0.39 is 12.6 Å². The Morgan fingerprint density at radius 2 is 1.86 bits per heavy atom. The van der Waals surface area contributed by atoms with E-state index >= 15 is 0 Å². The topological polar surface area (TPSA) is 114 Å². The number of aliphatic carboxylic acids is 1. The van der Waals surface area contributed by atoms with Crippen LogP contribution in [0.2, 0.25) is 0 Å². The van der Waals surface area contributed by atoms with E-state index in [0.29, 0.717) is 28.8 Å². The SMILES string of the molecule is COc1cc2nc(OCC(=O)O)nc(N3CCC(CCO)CC3)c2cc1OC. The number of aliphatic hydroxyl groups excluding tert-OH is 1. The predicted octanol–water partition coefficient (Wildman–Crippen LogP) is 1.71. The van der Waals surface area contributed by atoms with Crippen LogP contribution in [0.3, 0.4) is 0 Å². The van der Waals surface area contributed by atoms with Crippen molar-refractivity contribution in [3.05, 3.63) is 12.1 Å². The lowest BCUT2D eigenvalue weighted by Crippen LogP contribution is -2.34. The van der Waals surface area contributed by atoms with Crippen molar-refractivity contribution >= 4 is 22.7 Å². The minimum absolute atomic E-state index is 0.00889. The summed E-state index contributed by atoms with van der Waals surface area (Å²) in [5.74, 6) is 1.16. The summed E-state index contributed by atoms with van der Waals surface area (Å²) in [4.78, 5) is 21.8. The van der Waals surface area contributed by atoms with Crippen LogP contribution in [0.25, 0.3) is 10.9 Å². The molecule has 0 bridgehead atoms. The first-order valence-corrected chi connectivity index (χ1v) is 9.19. The lowest BCUT2D eigenvalue weighted by Gasteiger charge is -2.33. The first kappa shape index (κ1) is 19.9. The van der Waals surface area contributed by atoms with Gasteiger partial charge in [0.2, 0.25) is 0 Å². The van der Waals surface area contributed by atoms with Gasteiger partial charge in [-0.05, 0) is 31.2 Å².